The Morgan fingerprint density at radius 1 is 1.19 bits per heavy atom. The molecule has 21 heavy (non-hydrogen) atoms. The van der Waals surface area contributed by atoms with E-state index in [1.807, 2.05) is 0 Å². The summed E-state index contributed by atoms with van der Waals surface area (Å²) in [6.45, 7) is 4.78. The molecule has 0 N–H and O–H groups in total. The second kappa shape index (κ2) is 6.93. The zero-order valence-corrected chi connectivity index (χ0v) is 12.7. The lowest BCUT2D eigenvalue weighted by atomic mass is 9.92. The molecular weight excluding hydrogens is 258 g/mol. The van der Waals surface area contributed by atoms with Crippen LogP contribution in [-0.4, -0.2) is 30.2 Å². The largest absolute Gasteiger partial charge is 0.378 e. The molecule has 2 aliphatic heterocycles. The van der Waals surface area contributed by atoms with E-state index >= 15 is 0 Å². The summed E-state index contributed by atoms with van der Waals surface area (Å²) in [5.41, 5.74) is 2.88. The summed E-state index contributed by atoms with van der Waals surface area (Å²) in [6, 6.07) is 11.7. The summed E-state index contributed by atoms with van der Waals surface area (Å²) in [4.78, 5) is 2.59. The van der Waals surface area contributed by atoms with Crippen molar-refractivity contribution in [1.29, 1.82) is 0 Å². The van der Waals surface area contributed by atoms with Crippen molar-refractivity contribution in [3.63, 3.8) is 0 Å². The summed E-state index contributed by atoms with van der Waals surface area (Å²) >= 11 is 0. The lowest BCUT2D eigenvalue weighted by molar-refractivity contribution is -0.0439. The first-order valence-electron chi connectivity index (χ1n) is 7.89. The number of benzene rings is 1. The molecule has 110 valence electrons. The molecule has 0 amide bonds. The second-order valence-electron chi connectivity index (χ2n) is 5.83. The van der Waals surface area contributed by atoms with Gasteiger partial charge in [0.15, 0.2) is 0 Å². The van der Waals surface area contributed by atoms with E-state index in [1.165, 1.54) is 11.1 Å². The van der Waals surface area contributed by atoms with E-state index < -0.39 is 0 Å². The molecule has 2 heteroatoms. The van der Waals surface area contributed by atoms with Gasteiger partial charge in [0.05, 0.1) is 19.3 Å². The standard InChI is InChI=1S/C19H23NO/c1-2-3-5-10-17-11-18-14-21-15-19(12-17)20(18)13-16-8-6-4-7-9-16/h4,6-9,11,18-19H,2,10,12-15H2,1H3. The van der Waals surface area contributed by atoms with E-state index in [4.69, 9.17) is 4.74 Å². The summed E-state index contributed by atoms with van der Waals surface area (Å²) < 4.78 is 5.76. The topological polar surface area (TPSA) is 12.5 Å². The molecule has 0 aliphatic carbocycles. The predicted octanol–water partition coefficient (Wildman–Crippen LogP) is 3.39. The van der Waals surface area contributed by atoms with E-state index in [0.717, 1.165) is 39.0 Å². The van der Waals surface area contributed by atoms with Crippen molar-refractivity contribution < 1.29 is 4.74 Å². The maximum Gasteiger partial charge on any atom is 0.0658 e. The molecule has 2 nitrogen and oxygen atoms in total. The normalized spacial score (nSPS) is 24.9. The van der Waals surface area contributed by atoms with Crippen molar-refractivity contribution in [2.45, 2.75) is 44.8 Å². The number of nitrogens with zero attached hydrogens (tertiary/aromatic N) is 1. The van der Waals surface area contributed by atoms with E-state index in [-0.39, 0.29) is 0 Å². The lowest BCUT2D eigenvalue weighted by Gasteiger charge is -2.44. The van der Waals surface area contributed by atoms with Crippen molar-refractivity contribution in [1.82, 2.24) is 4.90 Å². The summed E-state index contributed by atoms with van der Waals surface area (Å²) in [5, 5.41) is 0. The van der Waals surface area contributed by atoms with Crippen LogP contribution < -0.4 is 0 Å². The first kappa shape index (κ1) is 14.4. The van der Waals surface area contributed by atoms with Gasteiger partial charge in [0.2, 0.25) is 0 Å². The van der Waals surface area contributed by atoms with Gasteiger partial charge >= 0.3 is 0 Å². The first-order valence-corrected chi connectivity index (χ1v) is 7.89. The van der Waals surface area contributed by atoms with Crippen LogP contribution in [0.2, 0.25) is 0 Å². The zero-order valence-electron chi connectivity index (χ0n) is 12.7. The minimum absolute atomic E-state index is 0.413. The molecule has 2 atom stereocenters. The molecule has 2 unspecified atom stereocenters. The molecule has 1 aromatic rings. The third-order valence-corrected chi connectivity index (χ3v) is 4.24. The summed E-state index contributed by atoms with van der Waals surface area (Å²) in [5.74, 6) is 6.46. The monoisotopic (exact) mass is 281 g/mol. The van der Waals surface area contributed by atoms with Crippen molar-refractivity contribution >= 4 is 0 Å². The molecule has 0 aromatic heterocycles. The Kier molecular flexibility index (Phi) is 4.75. The molecular formula is C19H23NO. The van der Waals surface area contributed by atoms with Gasteiger partial charge in [-0.05, 0) is 12.0 Å². The average molecular weight is 281 g/mol. The Labute approximate surface area is 127 Å². The number of ether oxygens (including phenoxy) is 1. The van der Waals surface area contributed by atoms with Gasteiger partial charge in [0.25, 0.3) is 0 Å². The van der Waals surface area contributed by atoms with Gasteiger partial charge in [-0.1, -0.05) is 54.8 Å². The van der Waals surface area contributed by atoms with Crippen LogP contribution in [-0.2, 0) is 11.3 Å². The van der Waals surface area contributed by atoms with Gasteiger partial charge in [-0.2, -0.15) is 0 Å². The number of morpholine rings is 1. The molecule has 3 rings (SSSR count). The van der Waals surface area contributed by atoms with Crippen LogP contribution in [0.4, 0.5) is 0 Å². The zero-order chi connectivity index (χ0) is 14.5. The molecule has 1 aromatic carbocycles. The van der Waals surface area contributed by atoms with Crippen molar-refractivity contribution in [2.75, 3.05) is 13.2 Å². The molecule has 0 radical (unpaired) electrons. The quantitative estimate of drug-likeness (QED) is 0.622. The number of hydrogen-bond acceptors (Lipinski definition) is 2. The second-order valence-corrected chi connectivity index (χ2v) is 5.83. The molecule has 1 fully saturated rings. The van der Waals surface area contributed by atoms with Crippen LogP contribution in [0.25, 0.3) is 0 Å². The smallest absolute Gasteiger partial charge is 0.0658 e. The maximum absolute atomic E-state index is 5.76. The molecule has 0 saturated carbocycles. The van der Waals surface area contributed by atoms with Gasteiger partial charge in [-0.15, -0.1) is 5.92 Å². The Bertz CT molecular complexity index is 552. The van der Waals surface area contributed by atoms with E-state index in [0.29, 0.717) is 12.1 Å². The van der Waals surface area contributed by atoms with Crippen molar-refractivity contribution in [3.8, 4) is 11.8 Å². The van der Waals surface area contributed by atoms with Crippen LogP contribution in [0.15, 0.2) is 42.0 Å². The van der Waals surface area contributed by atoms with Crippen LogP contribution >= 0.6 is 0 Å². The highest BCUT2D eigenvalue weighted by Crippen LogP contribution is 2.29. The molecule has 1 saturated heterocycles. The molecule has 0 spiro atoms. The Hall–Kier alpha value is -1.56. The Morgan fingerprint density at radius 3 is 2.81 bits per heavy atom. The minimum atomic E-state index is 0.413. The third-order valence-electron chi connectivity index (χ3n) is 4.24. The number of hydrogen-bond donors (Lipinski definition) is 0. The van der Waals surface area contributed by atoms with Gasteiger partial charge in [0.1, 0.15) is 0 Å². The fourth-order valence-corrected chi connectivity index (χ4v) is 3.22. The SMILES string of the molecule is CCC#CCC1=CC2COCC(C1)N2Cc1ccccc1. The van der Waals surface area contributed by atoms with Gasteiger partial charge in [0, 0.05) is 25.4 Å². The first-order chi connectivity index (χ1) is 10.4. The molecule has 2 aliphatic rings. The fraction of sp³-hybridized carbons (Fsp3) is 0.474. The summed E-state index contributed by atoms with van der Waals surface area (Å²) in [7, 11) is 0. The molecule has 2 bridgehead atoms. The third kappa shape index (κ3) is 3.56. The number of fused-ring (bicyclic) bond motifs is 2. The molecule has 2 heterocycles. The van der Waals surface area contributed by atoms with Crippen LogP contribution in [0, 0.1) is 11.8 Å². The number of rotatable bonds is 3. The highest BCUT2D eigenvalue weighted by Gasteiger charge is 2.34. The highest BCUT2D eigenvalue weighted by molar-refractivity contribution is 5.23. The van der Waals surface area contributed by atoms with Gasteiger partial charge in [-0.25, -0.2) is 0 Å². The van der Waals surface area contributed by atoms with Crippen LogP contribution in [0.5, 0.6) is 0 Å². The minimum Gasteiger partial charge on any atom is -0.378 e. The average Bonchev–Trinajstić information content (AvgIpc) is 2.49. The van der Waals surface area contributed by atoms with E-state index in [9.17, 15) is 0 Å². The maximum atomic E-state index is 5.76. The Morgan fingerprint density at radius 2 is 2.05 bits per heavy atom. The van der Waals surface area contributed by atoms with Crippen LogP contribution in [0.3, 0.4) is 0 Å². The van der Waals surface area contributed by atoms with Gasteiger partial charge in [-0.3, -0.25) is 4.90 Å². The van der Waals surface area contributed by atoms with Crippen molar-refractivity contribution in [2.24, 2.45) is 0 Å². The van der Waals surface area contributed by atoms with Gasteiger partial charge < -0.3 is 4.74 Å². The highest BCUT2D eigenvalue weighted by atomic mass is 16.5. The van der Waals surface area contributed by atoms with Crippen molar-refractivity contribution in [3.05, 3.63) is 47.5 Å². The van der Waals surface area contributed by atoms with E-state index in [2.05, 4.69) is 60.1 Å². The van der Waals surface area contributed by atoms with E-state index in [1.54, 1.807) is 0 Å². The lowest BCUT2D eigenvalue weighted by Crippen LogP contribution is -2.53. The summed E-state index contributed by atoms with van der Waals surface area (Å²) in [6.07, 6.45) is 5.37. The fourth-order valence-electron chi connectivity index (χ4n) is 3.22. The Balaban J connectivity index is 1.72. The van der Waals surface area contributed by atoms with Crippen LogP contribution in [0.1, 0.15) is 31.7 Å². The predicted molar refractivity (Wildman–Crippen MR) is 85.8 cm³/mol.